The molecule has 2 atom stereocenters. The summed E-state index contributed by atoms with van der Waals surface area (Å²) in [7, 11) is -4.62. The highest BCUT2D eigenvalue weighted by atomic mass is 32.2. The molecule has 3 rings (SSSR count). The molecule has 0 aromatic heterocycles. The minimum absolute atomic E-state index is 0.153. The Bertz CT molecular complexity index is 703. The number of nitrogens with zero attached hydrogens (tertiary/aromatic N) is 1. The van der Waals surface area contributed by atoms with Crippen molar-refractivity contribution in [3.8, 4) is 0 Å². The lowest BCUT2D eigenvalue weighted by Crippen LogP contribution is -2.44. The molecule has 2 aliphatic rings. The first-order chi connectivity index (χ1) is 11.4. The van der Waals surface area contributed by atoms with Gasteiger partial charge >= 0.3 is 5.76 Å². The van der Waals surface area contributed by atoms with E-state index in [-0.39, 0.29) is 5.91 Å². The SMILES string of the molecule is O=C(c1ccc(S(=O)(=O)C(F)F)cc1)N1CC[C@@H]2CCCC[C@H]2C1. The van der Waals surface area contributed by atoms with Crippen molar-refractivity contribution in [1.29, 1.82) is 0 Å². The highest BCUT2D eigenvalue weighted by molar-refractivity contribution is 7.91. The molecule has 7 heteroatoms. The zero-order valence-electron chi connectivity index (χ0n) is 13.3. The molecule has 0 spiro atoms. The van der Waals surface area contributed by atoms with Crippen LogP contribution >= 0.6 is 0 Å². The molecule has 1 saturated carbocycles. The lowest BCUT2D eigenvalue weighted by atomic mass is 9.75. The fourth-order valence-electron chi connectivity index (χ4n) is 3.86. The largest absolute Gasteiger partial charge is 0.341 e. The third-order valence-corrected chi connectivity index (χ3v) is 6.64. The van der Waals surface area contributed by atoms with Gasteiger partial charge in [-0.2, -0.15) is 8.78 Å². The fraction of sp³-hybridized carbons (Fsp3) is 0.588. The first-order valence-electron chi connectivity index (χ1n) is 8.31. The zero-order chi connectivity index (χ0) is 17.3. The van der Waals surface area contributed by atoms with Gasteiger partial charge in [-0.15, -0.1) is 0 Å². The summed E-state index contributed by atoms with van der Waals surface area (Å²) in [6, 6.07) is 4.82. The number of rotatable bonds is 3. The van der Waals surface area contributed by atoms with Crippen LogP contribution < -0.4 is 0 Å². The molecule has 1 aromatic rings. The Morgan fingerprint density at radius 1 is 1.04 bits per heavy atom. The van der Waals surface area contributed by atoms with E-state index < -0.39 is 20.5 Å². The van der Waals surface area contributed by atoms with Crippen molar-refractivity contribution >= 4 is 15.7 Å². The lowest BCUT2D eigenvalue weighted by molar-refractivity contribution is 0.0521. The van der Waals surface area contributed by atoms with Crippen LogP contribution in [0.1, 0.15) is 42.5 Å². The van der Waals surface area contributed by atoms with Crippen molar-refractivity contribution in [2.24, 2.45) is 11.8 Å². The van der Waals surface area contributed by atoms with Crippen LogP contribution in [-0.4, -0.2) is 38.1 Å². The quantitative estimate of drug-likeness (QED) is 0.834. The minimum atomic E-state index is -4.62. The molecule has 0 N–H and O–H groups in total. The van der Waals surface area contributed by atoms with Crippen molar-refractivity contribution in [1.82, 2.24) is 4.90 Å². The standard InChI is InChI=1S/C17H21F2NO3S/c18-17(19)24(22,23)15-7-5-13(6-8-15)16(21)20-10-9-12-3-1-2-4-14(12)11-20/h5-8,12,14,17H,1-4,9-11H2/t12-,14-/m0/s1. The molecule has 4 nitrogen and oxygen atoms in total. The molecule has 0 unspecified atom stereocenters. The van der Waals surface area contributed by atoms with E-state index in [9.17, 15) is 22.0 Å². The van der Waals surface area contributed by atoms with Crippen molar-refractivity contribution in [2.45, 2.75) is 42.8 Å². The van der Waals surface area contributed by atoms with Gasteiger partial charge in [-0.25, -0.2) is 8.42 Å². The summed E-state index contributed by atoms with van der Waals surface area (Å²) in [4.78, 5) is 13.9. The number of hydrogen-bond donors (Lipinski definition) is 0. The predicted molar refractivity (Wildman–Crippen MR) is 85.6 cm³/mol. The van der Waals surface area contributed by atoms with E-state index in [1.807, 2.05) is 4.90 Å². The van der Waals surface area contributed by atoms with Gasteiger partial charge in [0.15, 0.2) is 0 Å². The van der Waals surface area contributed by atoms with E-state index >= 15 is 0 Å². The monoisotopic (exact) mass is 357 g/mol. The maximum Gasteiger partial charge on any atom is 0.341 e. The Morgan fingerprint density at radius 2 is 1.67 bits per heavy atom. The Hall–Kier alpha value is -1.50. The number of sulfone groups is 1. The van der Waals surface area contributed by atoms with Crippen LogP contribution in [-0.2, 0) is 9.84 Å². The highest BCUT2D eigenvalue weighted by Crippen LogP contribution is 2.36. The van der Waals surface area contributed by atoms with E-state index in [0.717, 1.165) is 31.5 Å². The molecule has 2 fully saturated rings. The Morgan fingerprint density at radius 3 is 2.29 bits per heavy atom. The number of benzene rings is 1. The van der Waals surface area contributed by atoms with Gasteiger partial charge in [-0.3, -0.25) is 4.79 Å². The third kappa shape index (κ3) is 3.31. The number of alkyl halides is 2. The van der Waals surface area contributed by atoms with Gasteiger partial charge in [0.1, 0.15) is 0 Å². The average molecular weight is 357 g/mol. The van der Waals surface area contributed by atoms with Gasteiger partial charge in [0.25, 0.3) is 5.91 Å². The summed E-state index contributed by atoms with van der Waals surface area (Å²) >= 11 is 0. The maximum absolute atomic E-state index is 12.6. The second kappa shape index (κ2) is 6.78. The summed E-state index contributed by atoms with van der Waals surface area (Å²) in [6.07, 6.45) is 5.89. The maximum atomic E-state index is 12.6. The Balaban J connectivity index is 1.71. The van der Waals surface area contributed by atoms with E-state index in [0.29, 0.717) is 23.9 Å². The van der Waals surface area contributed by atoms with Gasteiger partial charge in [-0.05, 0) is 48.9 Å². The number of halogens is 2. The summed E-state index contributed by atoms with van der Waals surface area (Å²) in [5.41, 5.74) is 0.345. The van der Waals surface area contributed by atoms with Gasteiger partial charge in [0.2, 0.25) is 9.84 Å². The number of piperidine rings is 1. The van der Waals surface area contributed by atoms with E-state index in [2.05, 4.69) is 0 Å². The molecule has 1 amide bonds. The second-order valence-corrected chi connectivity index (χ2v) is 8.59. The normalized spacial score (nSPS) is 24.7. The average Bonchev–Trinajstić information content (AvgIpc) is 2.60. The van der Waals surface area contributed by atoms with Crippen molar-refractivity contribution < 1.29 is 22.0 Å². The molecule has 1 aromatic carbocycles. The van der Waals surface area contributed by atoms with E-state index in [1.54, 1.807) is 0 Å². The van der Waals surface area contributed by atoms with Gasteiger partial charge in [0, 0.05) is 18.7 Å². The first kappa shape index (κ1) is 17.3. The molecular weight excluding hydrogens is 336 g/mol. The topological polar surface area (TPSA) is 54.5 Å². The molecule has 1 saturated heterocycles. The molecule has 24 heavy (non-hydrogen) atoms. The van der Waals surface area contributed by atoms with Crippen LogP contribution in [0.3, 0.4) is 0 Å². The number of carbonyl (C=O) groups excluding carboxylic acids is 1. The number of carbonyl (C=O) groups is 1. The number of fused-ring (bicyclic) bond motifs is 1. The number of likely N-dealkylation sites (tertiary alicyclic amines) is 1. The van der Waals surface area contributed by atoms with E-state index in [1.165, 1.54) is 31.4 Å². The molecule has 0 bridgehead atoms. The smallest absolute Gasteiger partial charge is 0.338 e. The molecule has 132 valence electrons. The predicted octanol–water partition coefficient (Wildman–Crippen LogP) is 3.34. The second-order valence-electron chi connectivity index (χ2n) is 6.67. The zero-order valence-corrected chi connectivity index (χ0v) is 14.1. The van der Waals surface area contributed by atoms with E-state index in [4.69, 9.17) is 0 Å². The Kier molecular flexibility index (Phi) is 4.90. The summed E-state index contributed by atoms with van der Waals surface area (Å²) in [5.74, 6) is -2.35. The first-order valence-corrected chi connectivity index (χ1v) is 9.85. The third-order valence-electron chi connectivity index (χ3n) is 5.24. The molecule has 1 heterocycles. The highest BCUT2D eigenvalue weighted by Gasteiger charge is 2.33. The summed E-state index contributed by atoms with van der Waals surface area (Å²) in [5, 5.41) is 0. The van der Waals surface area contributed by atoms with Gasteiger partial charge in [0.05, 0.1) is 4.90 Å². The van der Waals surface area contributed by atoms with Crippen LogP contribution in [0.5, 0.6) is 0 Å². The van der Waals surface area contributed by atoms with Crippen molar-refractivity contribution in [3.05, 3.63) is 29.8 Å². The van der Waals surface area contributed by atoms with Crippen LogP contribution in [0.15, 0.2) is 29.2 Å². The van der Waals surface area contributed by atoms with Gasteiger partial charge in [-0.1, -0.05) is 19.3 Å². The molecular formula is C17H21F2NO3S. The van der Waals surface area contributed by atoms with Crippen molar-refractivity contribution in [2.75, 3.05) is 13.1 Å². The van der Waals surface area contributed by atoms with Crippen LogP contribution in [0.4, 0.5) is 8.78 Å². The van der Waals surface area contributed by atoms with Crippen LogP contribution in [0.2, 0.25) is 0 Å². The van der Waals surface area contributed by atoms with Crippen molar-refractivity contribution in [3.63, 3.8) is 0 Å². The van der Waals surface area contributed by atoms with Crippen LogP contribution in [0, 0.1) is 11.8 Å². The summed E-state index contributed by atoms with van der Waals surface area (Å²) < 4.78 is 47.9. The fourth-order valence-corrected chi connectivity index (χ4v) is 4.58. The van der Waals surface area contributed by atoms with Gasteiger partial charge < -0.3 is 4.90 Å². The Labute approximate surface area is 140 Å². The summed E-state index contributed by atoms with van der Waals surface area (Å²) in [6.45, 7) is 1.44. The molecule has 1 aliphatic heterocycles. The minimum Gasteiger partial charge on any atom is -0.338 e. The number of hydrogen-bond acceptors (Lipinski definition) is 3. The molecule has 0 radical (unpaired) electrons. The lowest BCUT2D eigenvalue weighted by Gasteiger charge is -2.41. The molecule has 1 aliphatic carbocycles. The van der Waals surface area contributed by atoms with Crippen LogP contribution in [0.25, 0.3) is 0 Å². The number of amides is 1.